The summed E-state index contributed by atoms with van der Waals surface area (Å²) in [7, 11) is 0. The molecule has 1 aliphatic heterocycles. The van der Waals surface area contributed by atoms with Crippen LogP contribution in [0.5, 0.6) is 0 Å². The van der Waals surface area contributed by atoms with E-state index in [2.05, 4.69) is 0 Å². The maximum Gasteiger partial charge on any atom is 0.339 e. The minimum atomic E-state index is -1.45. The summed E-state index contributed by atoms with van der Waals surface area (Å²) >= 11 is 1.26. The molecule has 0 amide bonds. The van der Waals surface area contributed by atoms with Crippen molar-refractivity contribution < 1.29 is 42.9 Å². The molecular formula is C53H58O9S. The molecule has 6 rings (SSSR count). The van der Waals surface area contributed by atoms with Crippen LogP contribution in [0.4, 0.5) is 0 Å². The highest BCUT2D eigenvalue weighted by molar-refractivity contribution is 7.99. The van der Waals surface area contributed by atoms with Crippen LogP contribution in [0.2, 0.25) is 0 Å². The molecule has 63 heavy (non-hydrogen) atoms. The van der Waals surface area contributed by atoms with Crippen LogP contribution in [0.25, 0.3) is 0 Å². The molecule has 0 spiro atoms. The number of hydrogen-bond acceptors (Lipinski definition) is 10. The van der Waals surface area contributed by atoms with Crippen molar-refractivity contribution >= 4 is 35.6 Å². The highest BCUT2D eigenvalue weighted by atomic mass is 32.2. The van der Waals surface area contributed by atoms with Crippen molar-refractivity contribution in [2.45, 2.75) is 125 Å². The second-order valence-electron chi connectivity index (χ2n) is 17.3. The number of ether oxygens (including phenoxy) is 5. The molecule has 0 aliphatic carbocycles. The highest BCUT2D eigenvalue weighted by Gasteiger charge is 2.54. The third-order valence-electron chi connectivity index (χ3n) is 11.5. The summed E-state index contributed by atoms with van der Waals surface area (Å²) < 4.78 is 32.5. The van der Waals surface area contributed by atoms with Gasteiger partial charge in [0.15, 0.2) is 18.3 Å². The van der Waals surface area contributed by atoms with E-state index >= 15 is 0 Å². The van der Waals surface area contributed by atoms with Gasteiger partial charge in [-0.05, 0) is 147 Å². The number of benzene rings is 5. The van der Waals surface area contributed by atoms with E-state index in [4.69, 9.17) is 23.7 Å². The predicted octanol–water partition coefficient (Wildman–Crippen LogP) is 11.0. The van der Waals surface area contributed by atoms with Gasteiger partial charge in [0.25, 0.3) is 0 Å². The highest BCUT2D eigenvalue weighted by Crippen LogP contribution is 2.39. The Hall–Kier alpha value is -5.71. The van der Waals surface area contributed by atoms with Crippen molar-refractivity contribution in [3.8, 4) is 0 Å². The minimum Gasteiger partial charge on any atom is -0.459 e. The molecule has 0 bridgehead atoms. The van der Waals surface area contributed by atoms with Gasteiger partial charge in [0.2, 0.25) is 0 Å². The number of carbonyl (C=O) groups is 4. The molecule has 0 radical (unpaired) electrons. The average molecular weight is 871 g/mol. The third-order valence-corrected chi connectivity index (χ3v) is 12.7. The molecule has 0 saturated carbocycles. The Kier molecular flexibility index (Phi) is 14.4. The van der Waals surface area contributed by atoms with Crippen LogP contribution >= 0.6 is 11.8 Å². The van der Waals surface area contributed by atoms with Gasteiger partial charge in [0.1, 0.15) is 18.1 Å². The molecule has 1 aliphatic rings. The Morgan fingerprint density at radius 3 is 1.11 bits per heavy atom. The zero-order valence-electron chi connectivity index (χ0n) is 38.6. The van der Waals surface area contributed by atoms with Crippen LogP contribution in [-0.2, 0) is 23.7 Å². The van der Waals surface area contributed by atoms with Crippen LogP contribution in [0.1, 0.15) is 114 Å². The second kappa shape index (κ2) is 19.4. The van der Waals surface area contributed by atoms with Crippen LogP contribution in [0.3, 0.4) is 0 Å². The maximum atomic E-state index is 14.7. The van der Waals surface area contributed by atoms with Gasteiger partial charge in [0.05, 0.1) is 22.3 Å². The lowest BCUT2D eigenvalue weighted by Gasteiger charge is -2.44. The summed E-state index contributed by atoms with van der Waals surface area (Å²) in [6.07, 6.45) is -5.43. The van der Waals surface area contributed by atoms with E-state index in [-0.39, 0.29) is 0 Å². The van der Waals surface area contributed by atoms with E-state index in [1.165, 1.54) is 11.8 Å². The lowest BCUT2D eigenvalue weighted by Crippen LogP contribution is -2.62. The zero-order valence-corrected chi connectivity index (χ0v) is 39.4. The third kappa shape index (κ3) is 10.6. The predicted molar refractivity (Wildman–Crippen MR) is 246 cm³/mol. The van der Waals surface area contributed by atoms with Gasteiger partial charge in [-0.3, -0.25) is 0 Å². The smallest absolute Gasteiger partial charge is 0.339 e. The molecule has 5 aromatic carbocycles. The van der Waals surface area contributed by atoms with Gasteiger partial charge in [-0.1, -0.05) is 100 Å². The van der Waals surface area contributed by atoms with E-state index in [1.54, 1.807) is 0 Å². The first-order chi connectivity index (χ1) is 29.7. The van der Waals surface area contributed by atoms with Crippen molar-refractivity contribution in [1.82, 2.24) is 0 Å². The van der Waals surface area contributed by atoms with E-state index in [9.17, 15) is 19.2 Å². The standard InChI is InChI=1S/C53H58O9S/c1-27-14-16-40(17-15-27)63-53-48(62-52(57)45-38(12)24-31(5)25-39(45)13)47(61-51(56)44-36(10)22-30(4)23-37(44)11)46(60-50(55)43-34(8)20-29(3)21-35(43)9)41(59-53)26-58-49(54)42-32(6)18-28(2)19-33(42)7/h14-25,41,46-48,53H,26H2,1-13H3/t41-,46+,47+,48-,53+/m1/s1. The van der Waals surface area contributed by atoms with Crippen LogP contribution in [0, 0.1) is 90.0 Å². The van der Waals surface area contributed by atoms with Gasteiger partial charge in [-0.25, -0.2) is 19.2 Å². The summed E-state index contributed by atoms with van der Waals surface area (Å²) in [6.45, 7) is 24.1. The van der Waals surface area contributed by atoms with E-state index < -0.39 is 60.3 Å². The topological polar surface area (TPSA) is 114 Å². The normalized spacial score (nSPS) is 18.4. The molecule has 5 atom stereocenters. The van der Waals surface area contributed by atoms with Crippen molar-refractivity contribution in [2.24, 2.45) is 0 Å². The number of hydrogen-bond donors (Lipinski definition) is 0. The second-order valence-corrected chi connectivity index (χ2v) is 18.4. The number of esters is 4. The van der Waals surface area contributed by atoms with Gasteiger partial charge in [0, 0.05) is 4.90 Å². The Bertz CT molecular complexity index is 2500. The summed E-state index contributed by atoms with van der Waals surface area (Å²) in [5.41, 5.74) is 10.9. The molecule has 1 saturated heterocycles. The fourth-order valence-electron chi connectivity index (χ4n) is 9.05. The molecule has 0 aromatic heterocycles. The number of thioether (sulfide) groups is 1. The van der Waals surface area contributed by atoms with Crippen LogP contribution in [-0.4, -0.2) is 60.3 Å². The summed E-state index contributed by atoms with van der Waals surface area (Å²) in [6, 6.07) is 22.9. The molecular weight excluding hydrogens is 813 g/mol. The maximum absolute atomic E-state index is 14.7. The van der Waals surface area contributed by atoms with Gasteiger partial charge in [-0.15, -0.1) is 0 Å². The Labute approximate surface area is 375 Å². The van der Waals surface area contributed by atoms with E-state index in [1.807, 2.05) is 163 Å². The van der Waals surface area contributed by atoms with Gasteiger partial charge in [-0.2, -0.15) is 0 Å². The lowest BCUT2D eigenvalue weighted by molar-refractivity contribution is -0.207. The molecule has 0 N–H and O–H groups in total. The summed E-state index contributed by atoms with van der Waals surface area (Å²) in [4.78, 5) is 58.6. The minimum absolute atomic E-state index is 0.327. The largest absolute Gasteiger partial charge is 0.459 e. The zero-order chi connectivity index (χ0) is 46.0. The monoisotopic (exact) mass is 870 g/mol. The SMILES string of the molecule is Cc1ccc(S[C@@H]2O[C@H](COC(=O)c3c(C)cc(C)cc3C)[C@H](OC(=O)c3c(C)cc(C)cc3C)[C@H](OC(=O)c3c(C)cc(C)cc3C)[C@H]2OC(=O)c2c(C)cc(C)cc2C)cc1. The molecule has 0 unspecified atom stereocenters. The molecule has 1 fully saturated rings. The molecule has 1 heterocycles. The quantitative estimate of drug-likeness (QED) is 0.0938. The van der Waals surface area contributed by atoms with E-state index in [0.29, 0.717) is 55.6 Å². The fourth-order valence-corrected chi connectivity index (χ4v) is 10.1. The molecule has 10 heteroatoms. The molecule has 330 valence electrons. The summed E-state index contributed by atoms with van der Waals surface area (Å²) in [5, 5.41) is 0. The van der Waals surface area contributed by atoms with Crippen molar-refractivity contribution in [2.75, 3.05) is 6.61 Å². The van der Waals surface area contributed by atoms with Crippen molar-refractivity contribution in [1.29, 1.82) is 0 Å². The summed E-state index contributed by atoms with van der Waals surface area (Å²) in [5.74, 6) is -2.67. The first kappa shape index (κ1) is 46.8. The fraction of sp³-hybridized carbons (Fsp3) is 0.358. The first-order valence-electron chi connectivity index (χ1n) is 21.2. The number of aryl methyl sites for hydroxylation is 13. The van der Waals surface area contributed by atoms with Crippen LogP contribution < -0.4 is 0 Å². The van der Waals surface area contributed by atoms with Crippen molar-refractivity contribution in [3.63, 3.8) is 0 Å². The first-order valence-corrected chi connectivity index (χ1v) is 22.1. The number of rotatable bonds is 11. The molecule has 9 nitrogen and oxygen atoms in total. The lowest BCUT2D eigenvalue weighted by atomic mass is 9.96. The Balaban J connectivity index is 1.52. The van der Waals surface area contributed by atoms with Gasteiger partial charge >= 0.3 is 23.9 Å². The number of carbonyl (C=O) groups excluding carboxylic acids is 4. The van der Waals surface area contributed by atoms with Gasteiger partial charge < -0.3 is 23.7 Å². The van der Waals surface area contributed by atoms with Crippen LogP contribution in [0.15, 0.2) is 77.7 Å². The Morgan fingerprint density at radius 2 is 0.746 bits per heavy atom. The molecule has 5 aromatic rings. The van der Waals surface area contributed by atoms with Crippen molar-refractivity contribution in [3.05, 3.63) is 167 Å². The average Bonchev–Trinajstić information content (AvgIpc) is 3.15. The Morgan fingerprint density at radius 1 is 0.429 bits per heavy atom. The van der Waals surface area contributed by atoms with E-state index in [0.717, 1.165) is 43.8 Å².